The van der Waals surface area contributed by atoms with E-state index in [-0.39, 0.29) is 0 Å². The van der Waals surface area contributed by atoms with Gasteiger partial charge in [0.1, 0.15) is 23.6 Å². The molecule has 2 N–H and O–H groups in total. The Balaban J connectivity index is 1.77. The number of imide groups is 1. The highest BCUT2D eigenvalue weighted by molar-refractivity contribution is 6.10. The number of hydrogen-bond donors (Lipinski definition) is 2. The van der Waals surface area contributed by atoms with E-state index in [0.29, 0.717) is 29.2 Å². The molecular formula is C21H23N3O5. The fourth-order valence-electron chi connectivity index (χ4n) is 3.37. The number of urea groups is 1. The average Bonchev–Trinajstić information content (AvgIpc) is 2.99. The summed E-state index contributed by atoms with van der Waals surface area (Å²) in [5.74, 6) is 0.0107. The van der Waals surface area contributed by atoms with Crippen LogP contribution in [0, 0.1) is 0 Å². The summed E-state index contributed by atoms with van der Waals surface area (Å²) < 4.78 is 10.4. The summed E-state index contributed by atoms with van der Waals surface area (Å²) in [6, 6.07) is 13.3. The zero-order chi connectivity index (χ0) is 21.0. The van der Waals surface area contributed by atoms with E-state index < -0.39 is 29.9 Å². The van der Waals surface area contributed by atoms with Crippen LogP contribution in [0.3, 0.4) is 0 Å². The summed E-state index contributed by atoms with van der Waals surface area (Å²) >= 11 is 0. The second-order valence-electron chi connectivity index (χ2n) is 6.56. The highest BCUT2D eigenvalue weighted by Gasteiger charge is 2.51. The maximum absolute atomic E-state index is 13.1. The molecule has 0 aromatic heterocycles. The number of carbonyl (C=O) groups is 3. The van der Waals surface area contributed by atoms with Gasteiger partial charge >= 0.3 is 6.03 Å². The summed E-state index contributed by atoms with van der Waals surface area (Å²) in [5.41, 5.74) is -0.0769. The first-order chi connectivity index (χ1) is 13.9. The molecule has 1 atom stereocenters. The number of benzene rings is 2. The fraction of sp³-hybridized carbons (Fsp3) is 0.286. The van der Waals surface area contributed by atoms with Crippen LogP contribution >= 0.6 is 0 Å². The predicted octanol–water partition coefficient (Wildman–Crippen LogP) is 2.50. The topological polar surface area (TPSA) is 97.0 Å². The molecule has 0 bridgehead atoms. The van der Waals surface area contributed by atoms with E-state index in [0.717, 1.165) is 4.90 Å². The summed E-state index contributed by atoms with van der Waals surface area (Å²) in [6.07, 6.45) is 0.367. The SMILES string of the molecule is CC[C@@]1(c2ccccc2)NC(=O)N(CC(=O)Nc2ccc(OC)cc2OC)C1=O. The largest absolute Gasteiger partial charge is 0.497 e. The number of hydrogen-bond acceptors (Lipinski definition) is 5. The summed E-state index contributed by atoms with van der Waals surface area (Å²) in [7, 11) is 2.99. The molecule has 0 radical (unpaired) electrons. The van der Waals surface area contributed by atoms with Crippen LogP contribution in [0.15, 0.2) is 48.5 Å². The molecule has 0 saturated carbocycles. The van der Waals surface area contributed by atoms with E-state index in [9.17, 15) is 14.4 Å². The average molecular weight is 397 g/mol. The van der Waals surface area contributed by atoms with E-state index in [4.69, 9.17) is 9.47 Å². The lowest BCUT2D eigenvalue weighted by Gasteiger charge is -2.25. The lowest BCUT2D eigenvalue weighted by molar-refractivity contribution is -0.134. The second-order valence-corrected chi connectivity index (χ2v) is 6.56. The van der Waals surface area contributed by atoms with Gasteiger partial charge in [0.25, 0.3) is 5.91 Å². The molecule has 1 saturated heterocycles. The van der Waals surface area contributed by atoms with Crippen molar-refractivity contribution in [3.05, 3.63) is 54.1 Å². The molecule has 2 aromatic carbocycles. The number of rotatable bonds is 7. The van der Waals surface area contributed by atoms with Crippen molar-refractivity contribution in [1.29, 1.82) is 0 Å². The van der Waals surface area contributed by atoms with Gasteiger partial charge in [-0.3, -0.25) is 14.5 Å². The zero-order valence-electron chi connectivity index (χ0n) is 16.5. The Bertz CT molecular complexity index is 931. The van der Waals surface area contributed by atoms with E-state index in [1.54, 1.807) is 42.5 Å². The number of amides is 4. The Morgan fingerprint density at radius 3 is 2.45 bits per heavy atom. The molecule has 8 heteroatoms. The van der Waals surface area contributed by atoms with Gasteiger partial charge in [-0.15, -0.1) is 0 Å². The lowest BCUT2D eigenvalue weighted by Crippen LogP contribution is -2.44. The third-order valence-electron chi connectivity index (χ3n) is 4.96. The van der Waals surface area contributed by atoms with Crippen LogP contribution in [0.4, 0.5) is 10.5 Å². The van der Waals surface area contributed by atoms with Crippen molar-refractivity contribution in [3.63, 3.8) is 0 Å². The first-order valence-corrected chi connectivity index (χ1v) is 9.16. The van der Waals surface area contributed by atoms with Gasteiger partial charge in [-0.25, -0.2) is 4.79 Å². The lowest BCUT2D eigenvalue weighted by atomic mass is 9.87. The molecule has 0 unspecified atom stereocenters. The molecular weight excluding hydrogens is 374 g/mol. The van der Waals surface area contributed by atoms with Crippen molar-refractivity contribution in [3.8, 4) is 11.5 Å². The molecule has 8 nitrogen and oxygen atoms in total. The van der Waals surface area contributed by atoms with Crippen LogP contribution in [0.2, 0.25) is 0 Å². The smallest absolute Gasteiger partial charge is 0.325 e. The number of nitrogens with zero attached hydrogens (tertiary/aromatic N) is 1. The Labute approximate surface area is 168 Å². The van der Waals surface area contributed by atoms with Gasteiger partial charge in [-0.1, -0.05) is 37.3 Å². The van der Waals surface area contributed by atoms with E-state index in [1.807, 2.05) is 13.0 Å². The van der Waals surface area contributed by atoms with Gasteiger partial charge in [0.05, 0.1) is 19.9 Å². The van der Waals surface area contributed by atoms with E-state index in [2.05, 4.69) is 10.6 Å². The van der Waals surface area contributed by atoms with Gasteiger partial charge in [0, 0.05) is 6.07 Å². The molecule has 1 aliphatic rings. The minimum Gasteiger partial charge on any atom is -0.497 e. The van der Waals surface area contributed by atoms with Gasteiger partial charge in [-0.05, 0) is 24.1 Å². The molecule has 3 rings (SSSR count). The molecule has 0 spiro atoms. The van der Waals surface area contributed by atoms with Crippen molar-refractivity contribution < 1.29 is 23.9 Å². The normalized spacial score (nSPS) is 18.4. The van der Waals surface area contributed by atoms with Gasteiger partial charge in [-0.2, -0.15) is 0 Å². The summed E-state index contributed by atoms with van der Waals surface area (Å²) in [6.45, 7) is 1.41. The van der Waals surface area contributed by atoms with Crippen LogP contribution in [0.5, 0.6) is 11.5 Å². The molecule has 1 fully saturated rings. The van der Waals surface area contributed by atoms with Crippen LogP contribution < -0.4 is 20.1 Å². The Morgan fingerprint density at radius 2 is 1.83 bits per heavy atom. The number of methoxy groups -OCH3 is 2. The fourth-order valence-corrected chi connectivity index (χ4v) is 3.37. The molecule has 29 heavy (non-hydrogen) atoms. The van der Waals surface area contributed by atoms with Crippen LogP contribution in [0.25, 0.3) is 0 Å². The van der Waals surface area contributed by atoms with Gasteiger partial charge in [0.15, 0.2) is 0 Å². The maximum Gasteiger partial charge on any atom is 0.325 e. The minimum absolute atomic E-state index is 0.367. The monoisotopic (exact) mass is 397 g/mol. The molecule has 1 aliphatic heterocycles. The zero-order valence-corrected chi connectivity index (χ0v) is 16.5. The number of anilines is 1. The summed E-state index contributed by atoms with van der Waals surface area (Å²) in [4.78, 5) is 39.1. The highest BCUT2D eigenvalue weighted by atomic mass is 16.5. The third kappa shape index (κ3) is 3.73. The van der Waals surface area contributed by atoms with Gasteiger partial charge < -0.3 is 20.1 Å². The quantitative estimate of drug-likeness (QED) is 0.700. The molecule has 4 amide bonds. The number of carbonyl (C=O) groups excluding carboxylic acids is 3. The minimum atomic E-state index is -1.17. The molecule has 152 valence electrons. The Morgan fingerprint density at radius 1 is 1.10 bits per heavy atom. The first kappa shape index (κ1) is 20.2. The van der Waals surface area contributed by atoms with E-state index >= 15 is 0 Å². The van der Waals surface area contributed by atoms with Crippen molar-refractivity contribution in [2.24, 2.45) is 0 Å². The Kier molecular flexibility index (Phi) is 5.72. The van der Waals surface area contributed by atoms with Crippen LogP contribution in [-0.2, 0) is 15.1 Å². The van der Waals surface area contributed by atoms with Crippen LogP contribution in [0.1, 0.15) is 18.9 Å². The summed E-state index contributed by atoms with van der Waals surface area (Å²) in [5, 5.41) is 5.43. The molecule has 0 aliphatic carbocycles. The molecule has 1 heterocycles. The Hall–Kier alpha value is -3.55. The van der Waals surface area contributed by atoms with E-state index in [1.165, 1.54) is 14.2 Å². The van der Waals surface area contributed by atoms with Crippen molar-refractivity contribution in [1.82, 2.24) is 10.2 Å². The van der Waals surface area contributed by atoms with Crippen molar-refractivity contribution in [2.45, 2.75) is 18.9 Å². The highest BCUT2D eigenvalue weighted by Crippen LogP contribution is 2.33. The third-order valence-corrected chi connectivity index (χ3v) is 4.96. The maximum atomic E-state index is 13.1. The first-order valence-electron chi connectivity index (χ1n) is 9.16. The van der Waals surface area contributed by atoms with Crippen LogP contribution in [-0.4, -0.2) is 43.5 Å². The van der Waals surface area contributed by atoms with Crippen molar-refractivity contribution >= 4 is 23.5 Å². The standard InChI is InChI=1S/C21H23N3O5/c1-4-21(14-8-6-5-7-9-14)19(26)24(20(27)23-21)13-18(25)22-16-11-10-15(28-2)12-17(16)29-3/h5-12H,4,13H2,1-3H3,(H,22,25)(H,23,27)/t21-/m0/s1. The van der Waals surface area contributed by atoms with Gasteiger partial charge in [0.2, 0.25) is 5.91 Å². The number of ether oxygens (including phenoxy) is 2. The predicted molar refractivity (Wildman–Crippen MR) is 107 cm³/mol. The van der Waals surface area contributed by atoms with Crippen molar-refractivity contribution in [2.75, 3.05) is 26.1 Å². The second kappa shape index (κ2) is 8.22. The number of nitrogens with one attached hydrogen (secondary N) is 2. The molecule has 2 aromatic rings.